The molecule has 0 aliphatic carbocycles. The third-order valence-corrected chi connectivity index (χ3v) is 6.50. The average Bonchev–Trinajstić information content (AvgIpc) is 2.83. The average molecular weight is 506 g/mol. The van der Waals surface area contributed by atoms with Gasteiger partial charge in [0.15, 0.2) is 11.5 Å². The van der Waals surface area contributed by atoms with Crippen LogP contribution < -0.4 is 9.47 Å². The normalized spacial score (nSPS) is 15.3. The van der Waals surface area contributed by atoms with Crippen molar-refractivity contribution in [2.75, 3.05) is 27.4 Å². The number of carbonyl (C=O) groups excluding carboxylic acids is 2. The molecular weight excluding hydrogens is 458 g/mol. The number of ether oxygens (including phenoxy) is 4. The summed E-state index contributed by atoms with van der Waals surface area (Å²) in [7, 11) is 3.23. The zero-order valence-electron chi connectivity index (χ0n) is 23.3. The molecule has 0 aromatic heterocycles. The third-order valence-electron chi connectivity index (χ3n) is 6.50. The van der Waals surface area contributed by atoms with Crippen molar-refractivity contribution < 1.29 is 28.5 Å². The second-order valence-corrected chi connectivity index (χ2v) is 10.6. The number of methoxy groups -OCH3 is 2. The number of benzene rings is 1. The van der Waals surface area contributed by atoms with Crippen LogP contribution in [0.3, 0.4) is 0 Å². The van der Waals surface area contributed by atoms with Gasteiger partial charge in [0.2, 0.25) is 0 Å². The molecule has 0 bridgehead atoms. The lowest BCUT2D eigenvalue weighted by Gasteiger charge is -2.38. The summed E-state index contributed by atoms with van der Waals surface area (Å²) in [5, 5.41) is 0. The molecule has 1 aliphatic rings. The Bertz CT molecular complexity index is 832. The van der Waals surface area contributed by atoms with Crippen LogP contribution in [0.1, 0.15) is 109 Å². The zero-order chi connectivity index (χ0) is 26.6. The molecule has 0 fully saturated rings. The summed E-state index contributed by atoms with van der Waals surface area (Å²) in [4.78, 5) is 27.0. The molecule has 1 aromatic carbocycles. The van der Waals surface area contributed by atoms with Crippen molar-refractivity contribution in [2.24, 2.45) is 0 Å². The molecule has 2 rings (SSSR count). The van der Waals surface area contributed by atoms with Gasteiger partial charge < -0.3 is 23.8 Å². The number of nitrogens with zero attached hydrogens (tertiary/aromatic N) is 1. The fraction of sp³-hybridized carbons (Fsp3) is 0.724. The van der Waals surface area contributed by atoms with Crippen molar-refractivity contribution in [1.82, 2.24) is 4.90 Å². The Kier molecular flexibility index (Phi) is 12.4. The van der Waals surface area contributed by atoms with E-state index < -0.39 is 5.60 Å². The number of unbranched alkanes of at least 4 members (excludes halogenated alkanes) is 6. The van der Waals surface area contributed by atoms with E-state index in [1.807, 2.05) is 32.9 Å². The first-order valence-corrected chi connectivity index (χ1v) is 13.6. The highest BCUT2D eigenvalue weighted by Gasteiger charge is 2.34. The predicted octanol–water partition coefficient (Wildman–Crippen LogP) is 7.00. The number of fused-ring (bicyclic) bond motifs is 1. The minimum absolute atomic E-state index is 0.136. The SMILES string of the molecule is CCCCCCCCCC(=O)OCCC[C@@H]1c2cc(OC)c(OC)cc2CCN1C(=O)OC(C)(C)C. The van der Waals surface area contributed by atoms with E-state index in [1.165, 1.54) is 32.1 Å². The predicted molar refractivity (Wildman–Crippen MR) is 142 cm³/mol. The lowest BCUT2D eigenvalue weighted by molar-refractivity contribution is -0.144. The first kappa shape index (κ1) is 29.8. The van der Waals surface area contributed by atoms with Crippen molar-refractivity contribution in [3.8, 4) is 11.5 Å². The van der Waals surface area contributed by atoms with E-state index in [0.29, 0.717) is 50.3 Å². The van der Waals surface area contributed by atoms with E-state index >= 15 is 0 Å². The van der Waals surface area contributed by atoms with Crippen molar-refractivity contribution in [1.29, 1.82) is 0 Å². The van der Waals surface area contributed by atoms with Gasteiger partial charge in [-0.15, -0.1) is 0 Å². The minimum atomic E-state index is -0.578. The van der Waals surface area contributed by atoms with E-state index in [2.05, 4.69) is 6.92 Å². The Morgan fingerprint density at radius 1 is 0.944 bits per heavy atom. The number of amides is 1. The molecule has 0 radical (unpaired) electrons. The molecule has 1 aliphatic heterocycles. The summed E-state index contributed by atoms with van der Waals surface area (Å²) in [5.41, 5.74) is 1.58. The molecule has 36 heavy (non-hydrogen) atoms. The third kappa shape index (κ3) is 9.55. The molecule has 0 saturated heterocycles. The highest BCUT2D eigenvalue weighted by atomic mass is 16.6. The molecule has 204 valence electrons. The first-order valence-electron chi connectivity index (χ1n) is 13.6. The van der Waals surface area contributed by atoms with Gasteiger partial charge in [0.25, 0.3) is 0 Å². The molecule has 7 heteroatoms. The van der Waals surface area contributed by atoms with Gasteiger partial charge in [-0.05, 0) is 69.7 Å². The fourth-order valence-electron chi connectivity index (χ4n) is 4.64. The van der Waals surface area contributed by atoms with Crippen molar-refractivity contribution >= 4 is 12.1 Å². The van der Waals surface area contributed by atoms with Crippen LogP contribution >= 0.6 is 0 Å². The highest BCUT2D eigenvalue weighted by molar-refractivity contribution is 5.70. The molecule has 0 spiro atoms. The largest absolute Gasteiger partial charge is 0.493 e. The minimum Gasteiger partial charge on any atom is -0.493 e. The number of hydrogen-bond acceptors (Lipinski definition) is 6. The quantitative estimate of drug-likeness (QED) is 0.200. The molecule has 1 amide bonds. The van der Waals surface area contributed by atoms with Gasteiger partial charge in [0.05, 0.1) is 26.9 Å². The molecule has 1 heterocycles. The van der Waals surface area contributed by atoms with Crippen LogP contribution in [0.25, 0.3) is 0 Å². The van der Waals surface area contributed by atoms with E-state index in [-0.39, 0.29) is 18.1 Å². The van der Waals surface area contributed by atoms with Crippen LogP contribution in [-0.4, -0.2) is 49.9 Å². The summed E-state index contributed by atoms with van der Waals surface area (Å²) >= 11 is 0. The van der Waals surface area contributed by atoms with Gasteiger partial charge >= 0.3 is 12.1 Å². The highest BCUT2D eigenvalue weighted by Crippen LogP contribution is 2.40. The number of esters is 1. The maximum Gasteiger partial charge on any atom is 0.410 e. The van der Waals surface area contributed by atoms with Crippen molar-refractivity contribution in [2.45, 2.75) is 110 Å². The summed E-state index contributed by atoms with van der Waals surface area (Å²) in [6.45, 7) is 8.73. The monoisotopic (exact) mass is 505 g/mol. The van der Waals surface area contributed by atoms with Crippen molar-refractivity contribution in [3.63, 3.8) is 0 Å². The topological polar surface area (TPSA) is 74.3 Å². The smallest absolute Gasteiger partial charge is 0.410 e. The Hall–Kier alpha value is -2.44. The van der Waals surface area contributed by atoms with Crippen LogP contribution in [0.5, 0.6) is 11.5 Å². The van der Waals surface area contributed by atoms with Crippen molar-refractivity contribution in [3.05, 3.63) is 23.3 Å². The summed E-state index contributed by atoms with van der Waals surface area (Å²) < 4.78 is 22.2. The molecule has 1 aromatic rings. The van der Waals surface area contributed by atoms with Gasteiger partial charge in [0, 0.05) is 13.0 Å². The van der Waals surface area contributed by atoms with Crippen LogP contribution in [0.4, 0.5) is 4.79 Å². The van der Waals surface area contributed by atoms with E-state index in [0.717, 1.165) is 24.0 Å². The standard InChI is InChI=1S/C29H47NO6/c1-7-8-9-10-11-12-13-16-27(31)35-19-14-15-24-23-21-26(34-6)25(33-5)20-22(23)17-18-30(24)28(32)36-29(2,3)4/h20-21,24H,7-19H2,1-6H3/t24-/m1/s1. The number of hydrogen-bond donors (Lipinski definition) is 0. The van der Waals surface area contributed by atoms with Crippen LogP contribution in [0, 0.1) is 0 Å². The lowest BCUT2D eigenvalue weighted by atomic mass is 9.89. The van der Waals surface area contributed by atoms with E-state index in [4.69, 9.17) is 18.9 Å². The van der Waals surface area contributed by atoms with Gasteiger partial charge in [-0.25, -0.2) is 4.79 Å². The fourth-order valence-corrected chi connectivity index (χ4v) is 4.64. The first-order chi connectivity index (χ1) is 17.2. The lowest BCUT2D eigenvalue weighted by Crippen LogP contribution is -2.43. The molecule has 1 atom stereocenters. The van der Waals surface area contributed by atoms with E-state index in [1.54, 1.807) is 19.1 Å². The van der Waals surface area contributed by atoms with Gasteiger partial charge in [0.1, 0.15) is 5.60 Å². The Balaban J connectivity index is 1.96. The summed E-state index contributed by atoms with van der Waals surface area (Å²) in [6, 6.07) is 3.77. The molecule has 0 saturated carbocycles. The second-order valence-electron chi connectivity index (χ2n) is 10.6. The number of rotatable bonds is 14. The van der Waals surface area contributed by atoms with Crippen LogP contribution in [0.15, 0.2) is 12.1 Å². The zero-order valence-corrected chi connectivity index (χ0v) is 23.3. The Morgan fingerprint density at radius 2 is 1.58 bits per heavy atom. The molecular formula is C29H47NO6. The van der Waals surface area contributed by atoms with Crippen LogP contribution in [-0.2, 0) is 20.7 Å². The Morgan fingerprint density at radius 3 is 2.22 bits per heavy atom. The Labute approximate surface area is 217 Å². The molecule has 7 nitrogen and oxygen atoms in total. The number of carbonyl (C=O) groups is 2. The van der Waals surface area contributed by atoms with Crippen LogP contribution in [0.2, 0.25) is 0 Å². The summed E-state index contributed by atoms with van der Waals surface area (Å²) in [5.74, 6) is 1.18. The maximum absolute atomic E-state index is 13.0. The molecule has 0 N–H and O–H groups in total. The maximum atomic E-state index is 13.0. The van der Waals surface area contributed by atoms with Gasteiger partial charge in [-0.3, -0.25) is 4.79 Å². The van der Waals surface area contributed by atoms with E-state index in [9.17, 15) is 9.59 Å². The van der Waals surface area contributed by atoms with Gasteiger partial charge in [-0.1, -0.05) is 45.4 Å². The summed E-state index contributed by atoms with van der Waals surface area (Å²) in [6.07, 6.45) is 10.4. The second kappa shape index (κ2) is 15.0. The molecule has 0 unspecified atom stereocenters. The van der Waals surface area contributed by atoms with Gasteiger partial charge in [-0.2, -0.15) is 0 Å².